The maximum atomic E-state index is 11.9. The molecule has 0 saturated heterocycles. The zero-order chi connectivity index (χ0) is 14.5. The van der Waals surface area contributed by atoms with Crippen LogP contribution >= 0.6 is 0 Å². The maximum absolute atomic E-state index is 11.9. The number of nitrogens with zero attached hydrogens (tertiary/aromatic N) is 1. The van der Waals surface area contributed by atoms with Crippen LogP contribution in [0.2, 0.25) is 0 Å². The van der Waals surface area contributed by atoms with Crippen LogP contribution in [0.25, 0.3) is 0 Å². The van der Waals surface area contributed by atoms with E-state index < -0.39 is 12.1 Å². The molecule has 1 aliphatic rings. The molecule has 0 aliphatic heterocycles. The number of esters is 1. The molecule has 0 unspecified atom stereocenters. The third-order valence-electron chi connectivity index (χ3n) is 3.43. The molecule has 2 rings (SSSR count). The van der Waals surface area contributed by atoms with E-state index in [9.17, 15) is 9.59 Å². The minimum atomic E-state index is -0.838. The normalized spacial score (nSPS) is 17.5. The minimum Gasteiger partial charge on any atom is -0.447 e. The Bertz CT molecular complexity index is 477. The molecule has 1 aromatic rings. The van der Waals surface area contributed by atoms with Gasteiger partial charge in [0.15, 0.2) is 6.10 Å². The average Bonchev–Trinajstić information content (AvgIpc) is 2.86. The summed E-state index contributed by atoms with van der Waals surface area (Å²) in [5.41, 5.74) is 0.594. The number of amides is 1. The first-order valence-corrected chi connectivity index (χ1v) is 7.01. The van der Waals surface area contributed by atoms with E-state index in [1.807, 2.05) is 0 Å². The monoisotopic (exact) mass is 280 g/mol. The number of nitrogens with one attached hydrogen (secondary N) is 1. The molecule has 1 heterocycles. The lowest BCUT2D eigenvalue weighted by atomic mass is 9.95. The highest BCUT2D eigenvalue weighted by Gasteiger charge is 2.24. The highest BCUT2D eigenvalue weighted by Crippen LogP contribution is 2.17. The van der Waals surface area contributed by atoms with E-state index in [2.05, 4.69) is 10.5 Å². The number of aryl methyl sites for hydroxylation is 1. The first-order chi connectivity index (χ1) is 9.56. The van der Waals surface area contributed by atoms with E-state index in [1.165, 1.54) is 12.5 Å². The first kappa shape index (κ1) is 14.6. The predicted octanol–water partition coefficient (Wildman–Crippen LogP) is 1.98. The van der Waals surface area contributed by atoms with Gasteiger partial charge in [-0.1, -0.05) is 24.4 Å². The van der Waals surface area contributed by atoms with E-state index >= 15 is 0 Å². The van der Waals surface area contributed by atoms with E-state index in [0.717, 1.165) is 25.7 Å². The molecule has 0 aromatic carbocycles. The topological polar surface area (TPSA) is 81.4 Å². The summed E-state index contributed by atoms with van der Waals surface area (Å²) in [6.45, 7) is 3.26. The Morgan fingerprint density at radius 3 is 2.70 bits per heavy atom. The fraction of sp³-hybridized carbons (Fsp3) is 0.643. The lowest BCUT2D eigenvalue weighted by Gasteiger charge is -2.24. The molecular weight excluding hydrogens is 260 g/mol. The summed E-state index contributed by atoms with van der Waals surface area (Å²) in [5, 5.41) is 6.53. The molecule has 110 valence electrons. The van der Waals surface area contributed by atoms with Gasteiger partial charge in [0.2, 0.25) is 5.76 Å². The summed E-state index contributed by atoms with van der Waals surface area (Å²) in [7, 11) is 0. The molecule has 0 radical (unpaired) electrons. The van der Waals surface area contributed by atoms with E-state index in [4.69, 9.17) is 9.26 Å². The van der Waals surface area contributed by atoms with Crippen LogP contribution in [0.5, 0.6) is 0 Å². The van der Waals surface area contributed by atoms with Crippen LogP contribution in [-0.4, -0.2) is 29.2 Å². The zero-order valence-electron chi connectivity index (χ0n) is 11.8. The Kier molecular flexibility index (Phi) is 4.76. The molecule has 0 bridgehead atoms. The van der Waals surface area contributed by atoms with Gasteiger partial charge in [-0.25, -0.2) is 4.79 Å². The van der Waals surface area contributed by atoms with Gasteiger partial charge in [0.1, 0.15) is 0 Å². The van der Waals surface area contributed by atoms with Crippen LogP contribution < -0.4 is 5.32 Å². The molecule has 1 amide bonds. The van der Waals surface area contributed by atoms with Crippen LogP contribution in [0.15, 0.2) is 10.6 Å². The van der Waals surface area contributed by atoms with Crippen molar-refractivity contribution in [1.82, 2.24) is 10.5 Å². The maximum Gasteiger partial charge on any atom is 0.377 e. The van der Waals surface area contributed by atoms with Crippen LogP contribution in [-0.2, 0) is 9.53 Å². The summed E-state index contributed by atoms with van der Waals surface area (Å²) in [6.07, 6.45) is 4.64. The average molecular weight is 280 g/mol. The second kappa shape index (κ2) is 6.54. The Morgan fingerprint density at radius 2 is 2.10 bits per heavy atom. The van der Waals surface area contributed by atoms with Crippen LogP contribution in [0.4, 0.5) is 0 Å². The third kappa shape index (κ3) is 3.82. The molecule has 0 spiro atoms. The van der Waals surface area contributed by atoms with Crippen molar-refractivity contribution in [3.05, 3.63) is 17.5 Å². The Labute approximate surface area is 117 Å². The Hall–Kier alpha value is -1.85. The van der Waals surface area contributed by atoms with Gasteiger partial charge < -0.3 is 14.6 Å². The van der Waals surface area contributed by atoms with Crippen molar-refractivity contribution in [2.75, 3.05) is 0 Å². The van der Waals surface area contributed by atoms with Crippen molar-refractivity contribution in [2.24, 2.45) is 0 Å². The molecule has 1 atom stereocenters. The van der Waals surface area contributed by atoms with Crippen molar-refractivity contribution < 1.29 is 18.8 Å². The molecule has 1 saturated carbocycles. The van der Waals surface area contributed by atoms with Crippen molar-refractivity contribution in [2.45, 2.75) is 58.1 Å². The van der Waals surface area contributed by atoms with Gasteiger partial charge in [-0.3, -0.25) is 4.79 Å². The van der Waals surface area contributed by atoms with Crippen LogP contribution in [0, 0.1) is 6.92 Å². The second-order valence-electron chi connectivity index (χ2n) is 5.22. The van der Waals surface area contributed by atoms with E-state index in [0.29, 0.717) is 5.69 Å². The van der Waals surface area contributed by atoms with Gasteiger partial charge in [0.25, 0.3) is 5.91 Å². The number of ether oxygens (including phenoxy) is 1. The Morgan fingerprint density at radius 1 is 1.40 bits per heavy atom. The lowest BCUT2D eigenvalue weighted by Crippen LogP contribution is -2.42. The SMILES string of the molecule is Cc1cc(C(=O)O[C@@H](C)C(=O)NC2CCCCC2)on1. The van der Waals surface area contributed by atoms with Gasteiger partial charge in [-0.2, -0.15) is 0 Å². The van der Waals surface area contributed by atoms with Crippen LogP contribution in [0.1, 0.15) is 55.3 Å². The first-order valence-electron chi connectivity index (χ1n) is 7.01. The van der Waals surface area contributed by atoms with E-state index in [1.54, 1.807) is 13.8 Å². The highest BCUT2D eigenvalue weighted by molar-refractivity contribution is 5.90. The largest absolute Gasteiger partial charge is 0.447 e. The van der Waals surface area contributed by atoms with Crippen molar-refractivity contribution >= 4 is 11.9 Å². The molecule has 6 nitrogen and oxygen atoms in total. The smallest absolute Gasteiger partial charge is 0.377 e. The molecule has 6 heteroatoms. The van der Waals surface area contributed by atoms with Crippen molar-refractivity contribution in [3.8, 4) is 0 Å². The standard InChI is InChI=1S/C14H20N2O4/c1-9-8-12(20-16-9)14(18)19-10(2)13(17)15-11-6-4-3-5-7-11/h8,10-11H,3-7H2,1-2H3,(H,15,17)/t10-/m0/s1. The molecule has 1 fully saturated rings. The summed E-state index contributed by atoms with van der Waals surface area (Å²) in [4.78, 5) is 23.7. The number of hydrogen-bond acceptors (Lipinski definition) is 5. The summed E-state index contributed by atoms with van der Waals surface area (Å²) >= 11 is 0. The summed E-state index contributed by atoms with van der Waals surface area (Å²) in [6, 6.07) is 1.68. The quantitative estimate of drug-likeness (QED) is 0.853. The van der Waals surface area contributed by atoms with Gasteiger partial charge in [-0.05, 0) is 26.7 Å². The third-order valence-corrected chi connectivity index (χ3v) is 3.43. The van der Waals surface area contributed by atoms with Gasteiger partial charge in [-0.15, -0.1) is 0 Å². The van der Waals surface area contributed by atoms with Crippen molar-refractivity contribution in [3.63, 3.8) is 0 Å². The van der Waals surface area contributed by atoms with Gasteiger partial charge >= 0.3 is 5.97 Å². The molecule has 20 heavy (non-hydrogen) atoms. The number of aromatic nitrogens is 1. The predicted molar refractivity (Wildman–Crippen MR) is 71.1 cm³/mol. The molecule has 1 aliphatic carbocycles. The number of carbonyl (C=O) groups is 2. The number of rotatable bonds is 4. The number of carbonyl (C=O) groups excluding carboxylic acids is 2. The second-order valence-corrected chi connectivity index (χ2v) is 5.22. The van der Waals surface area contributed by atoms with E-state index in [-0.39, 0.29) is 17.7 Å². The molecule has 1 N–H and O–H groups in total. The minimum absolute atomic E-state index is 0.0137. The fourth-order valence-electron chi connectivity index (χ4n) is 2.30. The fourth-order valence-corrected chi connectivity index (χ4v) is 2.30. The summed E-state index contributed by atoms with van der Waals surface area (Å²) < 4.78 is 9.87. The van der Waals surface area contributed by atoms with Crippen LogP contribution in [0.3, 0.4) is 0 Å². The van der Waals surface area contributed by atoms with Gasteiger partial charge in [0, 0.05) is 12.1 Å². The Balaban J connectivity index is 1.82. The molecule has 1 aromatic heterocycles. The molecular formula is C14H20N2O4. The lowest BCUT2D eigenvalue weighted by molar-refractivity contribution is -0.130. The van der Waals surface area contributed by atoms with Crippen molar-refractivity contribution in [1.29, 1.82) is 0 Å². The number of hydrogen-bond donors (Lipinski definition) is 1. The van der Waals surface area contributed by atoms with Gasteiger partial charge in [0.05, 0.1) is 5.69 Å². The zero-order valence-corrected chi connectivity index (χ0v) is 11.8. The summed E-state index contributed by atoms with van der Waals surface area (Å²) in [5.74, 6) is -0.918. The highest BCUT2D eigenvalue weighted by atomic mass is 16.6.